The first-order chi connectivity index (χ1) is 6.81. The third kappa shape index (κ3) is 1.68. The van der Waals surface area contributed by atoms with Gasteiger partial charge in [0.05, 0.1) is 11.7 Å². The summed E-state index contributed by atoms with van der Waals surface area (Å²) in [6.45, 7) is 3.61. The maximum absolute atomic E-state index is 13.6. The van der Waals surface area contributed by atoms with Crippen molar-refractivity contribution >= 4 is 5.82 Å². The second-order valence-corrected chi connectivity index (χ2v) is 3.34. The van der Waals surface area contributed by atoms with Gasteiger partial charge in [-0.15, -0.1) is 0 Å². The first kappa shape index (κ1) is 9.33. The van der Waals surface area contributed by atoms with Crippen molar-refractivity contribution in [3.63, 3.8) is 0 Å². The minimum atomic E-state index is -0.318. The fourth-order valence-corrected chi connectivity index (χ4v) is 1.34. The van der Waals surface area contributed by atoms with Crippen LogP contribution in [0.5, 0.6) is 0 Å². The smallest absolute Gasteiger partial charge is 0.186 e. The summed E-state index contributed by atoms with van der Waals surface area (Å²) in [5.74, 6) is 0.00486. The van der Waals surface area contributed by atoms with Gasteiger partial charge in [-0.3, -0.25) is 0 Å². The molecular weight excluding hydrogens is 183 g/mol. The Morgan fingerprint density at radius 3 is 2.93 bits per heavy atom. The average Bonchev–Trinajstić information content (AvgIpc) is 2.13. The van der Waals surface area contributed by atoms with E-state index >= 15 is 0 Å². The lowest BCUT2D eigenvalue weighted by atomic mass is 10.2. The van der Waals surface area contributed by atoms with Crippen molar-refractivity contribution in [1.29, 1.82) is 0 Å². The summed E-state index contributed by atoms with van der Waals surface area (Å²) in [6.07, 6.45) is 1.99. The largest absolute Gasteiger partial charge is 0.362 e. The van der Waals surface area contributed by atoms with E-state index in [1.165, 1.54) is 6.33 Å². The van der Waals surface area contributed by atoms with Crippen molar-refractivity contribution < 1.29 is 4.39 Å². The van der Waals surface area contributed by atoms with Crippen LogP contribution in [0, 0.1) is 5.82 Å². The van der Waals surface area contributed by atoms with Gasteiger partial charge in [0.15, 0.2) is 11.6 Å². The van der Waals surface area contributed by atoms with Crippen LogP contribution in [0.3, 0.4) is 0 Å². The van der Waals surface area contributed by atoms with Crippen LogP contribution in [0.25, 0.3) is 0 Å². The number of aromatic nitrogens is 2. The van der Waals surface area contributed by atoms with E-state index in [1.807, 2.05) is 6.92 Å². The third-order valence-corrected chi connectivity index (χ3v) is 2.32. The summed E-state index contributed by atoms with van der Waals surface area (Å²) in [5.41, 5.74) is 0.467. The molecule has 2 heterocycles. The predicted molar refractivity (Wildman–Crippen MR) is 51.6 cm³/mol. The van der Waals surface area contributed by atoms with E-state index in [-0.39, 0.29) is 5.82 Å². The molecule has 0 amide bonds. The molecule has 0 aromatic carbocycles. The fourth-order valence-electron chi connectivity index (χ4n) is 1.34. The van der Waals surface area contributed by atoms with Crippen LogP contribution in [-0.2, 0) is 6.42 Å². The first-order valence-corrected chi connectivity index (χ1v) is 4.78. The van der Waals surface area contributed by atoms with Gasteiger partial charge < -0.3 is 10.6 Å². The van der Waals surface area contributed by atoms with Crippen LogP contribution in [-0.4, -0.2) is 29.1 Å². The number of nitrogens with one attached hydrogen (secondary N) is 2. The maximum atomic E-state index is 13.6. The van der Waals surface area contributed by atoms with Gasteiger partial charge in [0.1, 0.15) is 6.33 Å². The Labute approximate surface area is 82.0 Å². The molecule has 1 aromatic heterocycles. The monoisotopic (exact) mass is 196 g/mol. The van der Waals surface area contributed by atoms with Gasteiger partial charge in [0.2, 0.25) is 0 Å². The number of rotatable bonds is 3. The number of anilines is 1. The lowest BCUT2D eigenvalue weighted by Gasteiger charge is -2.28. The Morgan fingerprint density at radius 2 is 2.36 bits per heavy atom. The summed E-state index contributed by atoms with van der Waals surface area (Å²) in [7, 11) is 0. The standard InChI is InChI=1S/C9H13FN4/c1-2-7-8(10)9(13-5-12-7)14-6-3-11-4-6/h5-6,11H,2-4H2,1H3,(H,12,13,14). The average molecular weight is 196 g/mol. The quantitative estimate of drug-likeness (QED) is 0.741. The van der Waals surface area contributed by atoms with Crippen LogP contribution >= 0.6 is 0 Å². The number of aryl methyl sites for hydroxylation is 1. The molecule has 0 aliphatic carbocycles. The van der Waals surface area contributed by atoms with E-state index in [9.17, 15) is 4.39 Å². The zero-order chi connectivity index (χ0) is 9.97. The summed E-state index contributed by atoms with van der Waals surface area (Å²) in [6, 6.07) is 0.295. The lowest BCUT2D eigenvalue weighted by molar-refractivity contribution is 0.466. The molecule has 4 nitrogen and oxygen atoms in total. The molecule has 0 bridgehead atoms. The Bertz CT molecular complexity index is 325. The van der Waals surface area contributed by atoms with Gasteiger partial charge in [0.25, 0.3) is 0 Å². The number of hydrogen-bond acceptors (Lipinski definition) is 4. The van der Waals surface area contributed by atoms with E-state index < -0.39 is 0 Å². The van der Waals surface area contributed by atoms with E-state index in [1.54, 1.807) is 0 Å². The van der Waals surface area contributed by atoms with Crippen LogP contribution in [0.15, 0.2) is 6.33 Å². The van der Waals surface area contributed by atoms with Crippen molar-refractivity contribution in [3.8, 4) is 0 Å². The van der Waals surface area contributed by atoms with Crippen molar-refractivity contribution in [3.05, 3.63) is 17.8 Å². The van der Waals surface area contributed by atoms with Gasteiger partial charge >= 0.3 is 0 Å². The highest BCUT2D eigenvalue weighted by molar-refractivity contribution is 5.39. The summed E-state index contributed by atoms with van der Waals surface area (Å²) < 4.78 is 13.6. The first-order valence-electron chi connectivity index (χ1n) is 4.78. The second-order valence-electron chi connectivity index (χ2n) is 3.34. The third-order valence-electron chi connectivity index (χ3n) is 2.32. The fraction of sp³-hybridized carbons (Fsp3) is 0.556. The van der Waals surface area contributed by atoms with Gasteiger partial charge in [-0.25, -0.2) is 14.4 Å². The summed E-state index contributed by atoms with van der Waals surface area (Å²) in [4.78, 5) is 7.75. The molecule has 1 saturated heterocycles. The zero-order valence-electron chi connectivity index (χ0n) is 8.05. The molecule has 1 aliphatic rings. The molecule has 1 fully saturated rings. The topological polar surface area (TPSA) is 49.8 Å². The highest BCUT2D eigenvalue weighted by atomic mass is 19.1. The Balaban J connectivity index is 2.15. The molecule has 76 valence electrons. The Hall–Kier alpha value is -1.23. The van der Waals surface area contributed by atoms with Crippen LogP contribution in [0.4, 0.5) is 10.2 Å². The second kappa shape index (κ2) is 3.88. The normalized spacial score (nSPS) is 16.4. The zero-order valence-corrected chi connectivity index (χ0v) is 8.05. The predicted octanol–water partition coefficient (Wildman–Crippen LogP) is 0.562. The van der Waals surface area contributed by atoms with Crippen molar-refractivity contribution in [2.45, 2.75) is 19.4 Å². The van der Waals surface area contributed by atoms with Gasteiger partial charge in [-0.1, -0.05) is 6.92 Å². The molecule has 0 spiro atoms. The van der Waals surface area contributed by atoms with Crippen molar-refractivity contribution in [2.75, 3.05) is 18.4 Å². The minimum Gasteiger partial charge on any atom is -0.362 e. The summed E-state index contributed by atoms with van der Waals surface area (Å²) >= 11 is 0. The number of halogens is 1. The van der Waals surface area contributed by atoms with Gasteiger partial charge in [-0.05, 0) is 6.42 Å². The highest BCUT2D eigenvalue weighted by Gasteiger charge is 2.19. The van der Waals surface area contributed by atoms with Crippen LogP contribution in [0.2, 0.25) is 0 Å². The molecular formula is C9H13FN4. The van der Waals surface area contributed by atoms with Gasteiger partial charge in [0, 0.05) is 13.1 Å². The van der Waals surface area contributed by atoms with Crippen LogP contribution < -0.4 is 10.6 Å². The minimum absolute atomic E-state index is 0.295. The molecule has 0 saturated carbocycles. The number of nitrogens with zero attached hydrogens (tertiary/aromatic N) is 2. The van der Waals surface area contributed by atoms with Crippen molar-refractivity contribution in [2.24, 2.45) is 0 Å². The highest BCUT2D eigenvalue weighted by Crippen LogP contribution is 2.14. The van der Waals surface area contributed by atoms with Crippen LogP contribution in [0.1, 0.15) is 12.6 Å². The van der Waals surface area contributed by atoms with Gasteiger partial charge in [-0.2, -0.15) is 0 Å². The molecule has 1 aliphatic heterocycles. The number of hydrogen-bond donors (Lipinski definition) is 2. The molecule has 5 heteroatoms. The molecule has 0 unspecified atom stereocenters. The van der Waals surface area contributed by atoms with E-state index in [4.69, 9.17) is 0 Å². The Morgan fingerprint density at radius 1 is 1.57 bits per heavy atom. The molecule has 0 radical (unpaired) electrons. The summed E-state index contributed by atoms with van der Waals surface area (Å²) in [5, 5.41) is 6.13. The molecule has 2 rings (SSSR count). The SMILES string of the molecule is CCc1ncnc(NC2CNC2)c1F. The molecule has 0 atom stereocenters. The van der Waals surface area contributed by atoms with E-state index in [0.29, 0.717) is 24.0 Å². The Kier molecular flexibility index (Phi) is 2.58. The maximum Gasteiger partial charge on any atom is 0.186 e. The molecule has 2 N–H and O–H groups in total. The van der Waals surface area contributed by atoms with E-state index in [2.05, 4.69) is 20.6 Å². The molecule has 1 aromatic rings. The van der Waals surface area contributed by atoms with Crippen molar-refractivity contribution in [1.82, 2.24) is 15.3 Å². The van der Waals surface area contributed by atoms with E-state index in [0.717, 1.165) is 13.1 Å². The lowest BCUT2D eigenvalue weighted by Crippen LogP contribution is -2.51. The molecule has 14 heavy (non-hydrogen) atoms.